The zero-order valence-electron chi connectivity index (χ0n) is 19.7. The molecule has 0 saturated heterocycles. The van der Waals surface area contributed by atoms with Crippen LogP contribution in [0.15, 0.2) is 65.6 Å². The minimum Gasteiger partial charge on any atom is -0.494 e. The van der Waals surface area contributed by atoms with Gasteiger partial charge in [-0.3, -0.25) is 20.2 Å². The highest BCUT2D eigenvalue weighted by atomic mass is 35.5. The molecule has 37 heavy (non-hydrogen) atoms. The molecule has 5 rings (SSSR count). The van der Waals surface area contributed by atoms with Crippen molar-refractivity contribution in [2.45, 2.75) is 40.8 Å². The van der Waals surface area contributed by atoms with Gasteiger partial charge in [-0.25, -0.2) is 0 Å². The minimum atomic E-state index is -0.447. The summed E-state index contributed by atoms with van der Waals surface area (Å²) in [5.74, 6) is 0.0774. The van der Waals surface area contributed by atoms with E-state index in [9.17, 15) is 20.2 Å². The van der Waals surface area contributed by atoms with Gasteiger partial charge in [-0.05, 0) is 48.6 Å². The van der Waals surface area contributed by atoms with Crippen molar-refractivity contribution >= 4 is 52.0 Å². The lowest BCUT2D eigenvalue weighted by atomic mass is 9.77. The highest BCUT2D eigenvalue weighted by molar-refractivity contribution is 8.00. The molecule has 1 N–H and O–H groups in total. The second kappa shape index (κ2) is 10.4. The van der Waals surface area contributed by atoms with Crippen molar-refractivity contribution in [1.29, 1.82) is 0 Å². The summed E-state index contributed by atoms with van der Waals surface area (Å²) in [5, 5.41) is 27.1. The molecule has 2 aliphatic rings. The van der Waals surface area contributed by atoms with Crippen LogP contribution in [0.5, 0.6) is 5.75 Å². The molecular formula is C26H23Cl2N3O5S. The zero-order chi connectivity index (χ0) is 26.3. The molecule has 0 bridgehead atoms. The molecule has 11 heteroatoms. The van der Waals surface area contributed by atoms with Crippen molar-refractivity contribution in [1.82, 2.24) is 0 Å². The largest absolute Gasteiger partial charge is 0.494 e. The number of halogens is 2. The maximum atomic E-state index is 12.1. The first kappa shape index (κ1) is 25.6. The van der Waals surface area contributed by atoms with Crippen LogP contribution in [0, 0.1) is 26.1 Å². The lowest BCUT2D eigenvalue weighted by Gasteiger charge is -2.38. The summed E-state index contributed by atoms with van der Waals surface area (Å²) in [7, 11) is 0. The molecule has 1 heterocycles. The Labute approximate surface area is 227 Å². The van der Waals surface area contributed by atoms with Gasteiger partial charge in [0.1, 0.15) is 11.4 Å². The van der Waals surface area contributed by atoms with Crippen LogP contribution in [0.2, 0.25) is 5.02 Å². The number of anilines is 1. The van der Waals surface area contributed by atoms with Gasteiger partial charge in [0.25, 0.3) is 11.4 Å². The van der Waals surface area contributed by atoms with E-state index in [2.05, 4.69) is 5.32 Å². The summed E-state index contributed by atoms with van der Waals surface area (Å²) in [5.41, 5.74) is 1.89. The zero-order valence-corrected chi connectivity index (χ0v) is 22.0. The first-order valence-corrected chi connectivity index (χ1v) is 13.5. The van der Waals surface area contributed by atoms with E-state index in [0.29, 0.717) is 34.4 Å². The van der Waals surface area contributed by atoms with Gasteiger partial charge in [0.2, 0.25) is 0 Å². The van der Waals surface area contributed by atoms with Crippen LogP contribution in [0.1, 0.15) is 36.4 Å². The molecular weight excluding hydrogens is 537 g/mol. The summed E-state index contributed by atoms with van der Waals surface area (Å²) in [6.07, 6.45) is 0.630. The number of hydrogen-bond acceptors (Lipinski definition) is 7. The van der Waals surface area contributed by atoms with Crippen LogP contribution in [-0.4, -0.2) is 27.1 Å². The van der Waals surface area contributed by atoms with Crippen molar-refractivity contribution in [2.24, 2.45) is 5.92 Å². The SMILES string of the molecule is CCOc1cc2c(c([N+](=O)[O-])c1)N[C@H](c1ccccc1Cl)[C@@H]1C[C@H](Sc3ccccc3[N+](=O)[O-])[C@@H](Cl)[C@@H]21. The molecule has 0 radical (unpaired) electrons. The molecule has 5 atom stereocenters. The first-order chi connectivity index (χ1) is 17.8. The smallest absolute Gasteiger partial charge is 0.296 e. The molecule has 1 saturated carbocycles. The van der Waals surface area contributed by atoms with Crippen molar-refractivity contribution in [3.05, 3.63) is 97.0 Å². The maximum Gasteiger partial charge on any atom is 0.296 e. The van der Waals surface area contributed by atoms with E-state index in [-0.39, 0.29) is 34.5 Å². The number of nitro groups is 2. The Morgan fingerprint density at radius 2 is 1.73 bits per heavy atom. The Hall–Kier alpha value is -3.01. The van der Waals surface area contributed by atoms with Crippen molar-refractivity contribution in [3.63, 3.8) is 0 Å². The van der Waals surface area contributed by atoms with E-state index in [4.69, 9.17) is 27.9 Å². The number of fused-ring (bicyclic) bond motifs is 3. The maximum absolute atomic E-state index is 12.1. The number of benzene rings is 3. The Morgan fingerprint density at radius 3 is 2.43 bits per heavy atom. The molecule has 1 aliphatic carbocycles. The van der Waals surface area contributed by atoms with Gasteiger partial charge in [0, 0.05) is 22.3 Å². The highest BCUT2D eigenvalue weighted by Crippen LogP contribution is 2.60. The van der Waals surface area contributed by atoms with E-state index in [1.165, 1.54) is 23.9 Å². The predicted molar refractivity (Wildman–Crippen MR) is 145 cm³/mol. The van der Waals surface area contributed by atoms with Gasteiger partial charge >= 0.3 is 0 Å². The number of rotatable bonds is 7. The van der Waals surface area contributed by atoms with Crippen LogP contribution < -0.4 is 10.1 Å². The highest BCUT2D eigenvalue weighted by Gasteiger charge is 2.52. The third kappa shape index (κ3) is 4.71. The van der Waals surface area contributed by atoms with E-state index < -0.39 is 15.2 Å². The second-order valence-corrected chi connectivity index (χ2v) is 11.2. The van der Waals surface area contributed by atoms with Crippen LogP contribution in [-0.2, 0) is 0 Å². The molecule has 8 nitrogen and oxygen atoms in total. The van der Waals surface area contributed by atoms with Gasteiger partial charge in [-0.1, -0.05) is 41.9 Å². The molecule has 192 valence electrons. The lowest BCUT2D eigenvalue weighted by molar-refractivity contribution is -0.387. The first-order valence-electron chi connectivity index (χ1n) is 11.8. The number of ether oxygens (including phenoxy) is 1. The quantitative estimate of drug-likeness (QED) is 0.180. The average molecular weight is 560 g/mol. The number of alkyl halides is 1. The number of nitrogens with one attached hydrogen (secondary N) is 1. The summed E-state index contributed by atoms with van der Waals surface area (Å²) < 4.78 is 5.67. The van der Waals surface area contributed by atoms with E-state index >= 15 is 0 Å². The second-order valence-electron chi connectivity index (χ2n) is 8.99. The Balaban J connectivity index is 1.63. The third-order valence-electron chi connectivity index (χ3n) is 6.96. The number of hydrogen-bond donors (Lipinski definition) is 1. The van der Waals surface area contributed by atoms with E-state index in [1.54, 1.807) is 24.3 Å². The normalized spacial score (nSPS) is 24.0. The molecule has 3 aromatic carbocycles. The lowest BCUT2D eigenvalue weighted by Crippen LogP contribution is -2.31. The van der Waals surface area contributed by atoms with Gasteiger partial charge in [0.15, 0.2) is 0 Å². The fourth-order valence-corrected chi connectivity index (χ4v) is 7.67. The Bertz CT molecular complexity index is 1370. The Morgan fingerprint density at radius 1 is 1.03 bits per heavy atom. The average Bonchev–Trinajstić information content (AvgIpc) is 3.20. The summed E-state index contributed by atoms with van der Waals surface area (Å²) in [6, 6.07) is 17.0. The van der Waals surface area contributed by atoms with Gasteiger partial charge < -0.3 is 10.1 Å². The van der Waals surface area contributed by atoms with Crippen molar-refractivity contribution < 1.29 is 14.6 Å². The number of thioether (sulfide) groups is 1. The number of para-hydroxylation sites is 1. The minimum absolute atomic E-state index is 0.0293. The van der Waals surface area contributed by atoms with E-state index in [0.717, 1.165) is 11.1 Å². The molecule has 0 unspecified atom stereocenters. The number of nitrogens with zero attached hydrogens (tertiary/aromatic N) is 2. The van der Waals surface area contributed by atoms with Crippen molar-refractivity contribution in [3.8, 4) is 5.75 Å². The molecule has 0 amide bonds. The molecule has 0 spiro atoms. The predicted octanol–water partition coefficient (Wildman–Crippen LogP) is 7.59. The number of nitro benzene ring substituents is 2. The van der Waals surface area contributed by atoms with Crippen LogP contribution in [0.3, 0.4) is 0 Å². The summed E-state index contributed by atoms with van der Waals surface area (Å²) in [6.45, 7) is 2.18. The van der Waals surface area contributed by atoms with Crippen molar-refractivity contribution in [2.75, 3.05) is 11.9 Å². The van der Waals surface area contributed by atoms with Gasteiger partial charge in [0.05, 0.1) is 38.8 Å². The molecule has 3 aromatic rings. The van der Waals surface area contributed by atoms with Gasteiger partial charge in [-0.2, -0.15) is 0 Å². The fraction of sp³-hybridized carbons (Fsp3) is 0.308. The van der Waals surface area contributed by atoms with Crippen LogP contribution in [0.25, 0.3) is 0 Å². The van der Waals surface area contributed by atoms with Crippen LogP contribution >= 0.6 is 35.0 Å². The molecule has 1 aliphatic heterocycles. The monoisotopic (exact) mass is 559 g/mol. The van der Waals surface area contributed by atoms with Gasteiger partial charge in [-0.15, -0.1) is 23.4 Å². The summed E-state index contributed by atoms with van der Waals surface area (Å²) >= 11 is 15.1. The fourth-order valence-electron chi connectivity index (χ4n) is 5.48. The summed E-state index contributed by atoms with van der Waals surface area (Å²) in [4.78, 5) is 23.5. The Kier molecular flexibility index (Phi) is 7.20. The standard InChI is InChI=1S/C26H23Cl2N3O5S/c1-2-36-14-11-16-23-17(13-22(24(23)28)37-21-10-6-5-9-19(21)30(32)33)25(15-7-3-4-8-18(15)27)29-26(16)20(12-14)31(34)35/h3-12,17,22-25,29H,2,13H2,1H3/t17-,22+,23+,24-,25-/m1/s1. The van der Waals surface area contributed by atoms with E-state index in [1.807, 2.05) is 31.2 Å². The third-order valence-corrected chi connectivity index (χ3v) is 9.42. The van der Waals surface area contributed by atoms with Crippen LogP contribution in [0.4, 0.5) is 17.1 Å². The molecule has 1 fully saturated rings. The molecule has 0 aromatic heterocycles. The topological polar surface area (TPSA) is 108 Å².